The van der Waals surface area contributed by atoms with E-state index in [4.69, 9.17) is 27.3 Å². The van der Waals surface area contributed by atoms with Gasteiger partial charge in [0.05, 0.1) is 6.61 Å². The molecule has 0 bridgehead atoms. The average molecular weight is 971 g/mol. The first-order chi connectivity index (χ1) is 33.6. The maximum atomic E-state index is 13.0. The molecule has 15 nitrogen and oxygen atoms in total. The number of benzene rings is 6. The first-order valence-corrected chi connectivity index (χ1v) is 24.6. The Labute approximate surface area is 402 Å². The summed E-state index contributed by atoms with van der Waals surface area (Å²) in [6, 6.07) is 47.3. The van der Waals surface area contributed by atoms with Gasteiger partial charge in [-0.3, -0.25) is 4.18 Å². The van der Waals surface area contributed by atoms with E-state index in [9.17, 15) is 32.1 Å². The lowest BCUT2D eigenvalue weighted by Gasteiger charge is -2.31. The number of fused-ring (bicyclic) bond motifs is 6. The maximum Gasteiger partial charge on any atom is 0.455 e. The van der Waals surface area contributed by atoms with E-state index in [2.05, 4.69) is 0 Å². The summed E-state index contributed by atoms with van der Waals surface area (Å²) in [5.41, 5.74) is 9.94. The highest BCUT2D eigenvalue weighted by Crippen LogP contribution is 2.46. The van der Waals surface area contributed by atoms with Crippen molar-refractivity contribution in [2.24, 2.45) is 0 Å². The number of nitrogens with zero attached hydrogens (tertiary/aromatic N) is 2. The Morgan fingerprint density at radius 2 is 0.913 bits per heavy atom. The van der Waals surface area contributed by atoms with E-state index in [1.807, 2.05) is 133 Å². The third kappa shape index (κ3) is 10.2. The van der Waals surface area contributed by atoms with Crippen molar-refractivity contribution >= 4 is 46.1 Å². The molecule has 6 aromatic rings. The van der Waals surface area contributed by atoms with Crippen LogP contribution in [0.4, 0.5) is 9.59 Å². The van der Waals surface area contributed by atoms with Crippen LogP contribution >= 0.6 is 0 Å². The minimum absolute atomic E-state index is 0.0307. The van der Waals surface area contributed by atoms with Gasteiger partial charge in [-0.2, -0.15) is 12.7 Å². The fourth-order valence-corrected chi connectivity index (χ4v) is 11.0. The van der Waals surface area contributed by atoms with E-state index in [1.165, 1.54) is 0 Å². The van der Waals surface area contributed by atoms with Crippen molar-refractivity contribution < 1.29 is 59.5 Å². The molecule has 2 amide bonds. The molecule has 2 heterocycles. The minimum Gasteiger partial charge on any atom is -0.560 e. The Balaban J connectivity index is 0.000000172. The molecule has 0 N–H and O–H groups in total. The van der Waals surface area contributed by atoms with E-state index in [-0.39, 0.29) is 64.3 Å². The minimum atomic E-state index is -4.51. The highest BCUT2D eigenvalue weighted by Gasteiger charge is 2.48. The standard InChI is InChI=1S/C26H23NO7S.C26H23NO6S/c28-25(32-16-18-8-2-1-3-9-18)24-14-15-34-35(30,31)27(24)26(29)33-17-23-21-12-6-4-10-19(21)20-11-5-7-13-22(20)23;28-25(31-16-18-8-2-1-3-9-18)24-14-15-33-34(30)27(24)26(29)32-17-23-21-12-6-4-10-19(21)20-11-5-7-13-22(20)23/h1-13,23-24H,14-17H2;1-13,23-24H,14-17H2/t24-;24-,34?/m00/s1. The first kappa shape index (κ1) is 47.1. The summed E-state index contributed by atoms with van der Waals surface area (Å²) in [7, 11) is -4.51. The molecule has 69 heavy (non-hydrogen) atoms. The summed E-state index contributed by atoms with van der Waals surface area (Å²) in [4.78, 5) is 51.5. The molecule has 0 spiro atoms. The van der Waals surface area contributed by atoms with Gasteiger partial charge in [-0.1, -0.05) is 162 Å². The zero-order valence-corrected chi connectivity index (χ0v) is 38.6. The normalized spacial score (nSPS) is 18.8. The Morgan fingerprint density at radius 1 is 0.522 bits per heavy atom. The second-order valence-electron chi connectivity index (χ2n) is 16.3. The second kappa shape index (κ2) is 21.1. The third-order valence-corrected chi connectivity index (χ3v) is 14.6. The predicted octanol–water partition coefficient (Wildman–Crippen LogP) is 8.36. The van der Waals surface area contributed by atoms with Crippen molar-refractivity contribution in [3.05, 3.63) is 191 Å². The summed E-state index contributed by atoms with van der Waals surface area (Å²) in [6.07, 6.45) is -1.91. The molecular weight excluding hydrogens is 925 g/mol. The molecule has 17 heteroatoms. The molecule has 2 aliphatic carbocycles. The molecular formula is C52H46N2O13S2. The molecule has 0 aromatic heterocycles. The lowest BCUT2D eigenvalue weighted by Crippen LogP contribution is -2.53. The monoisotopic (exact) mass is 970 g/mol. The van der Waals surface area contributed by atoms with Crippen molar-refractivity contribution in [2.45, 2.75) is 50.0 Å². The van der Waals surface area contributed by atoms with Crippen LogP contribution in [-0.2, 0) is 72.1 Å². The van der Waals surface area contributed by atoms with Crippen molar-refractivity contribution in [1.82, 2.24) is 8.61 Å². The molecule has 354 valence electrons. The number of amides is 2. The van der Waals surface area contributed by atoms with E-state index in [1.54, 1.807) is 24.3 Å². The van der Waals surface area contributed by atoms with Gasteiger partial charge in [0.15, 0.2) is 12.1 Å². The number of ether oxygens (including phenoxy) is 4. The molecule has 1 unspecified atom stereocenters. The number of hydrogen-bond acceptors (Lipinski definition) is 13. The van der Waals surface area contributed by atoms with Crippen LogP contribution in [0.15, 0.2) is 158 Å². The second-order valence-corrected chi connectivity index (χ2v) is 18.9. The fourth-order valence-electron chi connectivity index (χ4n) is 8.90. The Kier molecular flexibility index (Phi) is 14.4. The van der Waals surface area contributed by atoms with Crippen LogP contribution in [0.5, 0.6) is 0 Å². The number of esters is 2. The molecule has 2 aliphatic heterocycles. The van der Waals surface area contributed by atoms with Gasteiger partial charge in [-0.05, 0) is 55.6 Å². The van der Waals surface area contributed by atoms with Crippen LogP contribution in [0, 0.1) is 0 Å². The largest absolute Gasteiger partial charge is 0.560 e. The van der Waals surface area contributed by atoms with E-state index in [0.29, 0.717) is 4.31 Å². The molecule has 0 radical (unpaired) electrons. The van der Waals surface area contributed by atoms with Gasteiger partial charge in [-0.15, -0.1) is 4.18 Å². The smallest absolute Gasteiger partial charge is 0.455 e. The highest BCUT2D eigenvalue weighted by molar-refractivity contribution is 7.85. The molecule has 4 aliphatic rings. The molecule has 2 fully saturated rings. The molecule has 2 saturated heterocycles. The Morgan fingerprint density at radius 3 is 1.38 bits per heavy atom. The molecule has 0 saturated carbocycles. The molecule has 3 atom stereocenters. The van der Waals surface area contributed by atoms with Crippen LogP contribution < -0.4 is 0 Å². The quantitative estimate of drug-likeness (QED) is 0.0725. The molecule has 10 rings (SSSR count). The van der Waals surface area contributed by atoms with Crippen molar-refractivity contribution in [2.75, 3.05) is 26.4 Å². The SMILES string of the molecule is O=C(OCc1ccccc1)[C@@H]1CCOS(=O)(=O)N1C(=O)OCC1c2ccccc2-c2ccccc21.O=C(OCc1ccccc1)[C@@H]1CCO[S+]([O-])N1C(=O)OCC1c2ccccc2-c2ccccc21. The van der Waals surface area contributed by atoms with Gasteiger partial charge in [0, 0.05) is 24.7 Å². The van der Waals surface area contributed by atoms with Gasteiger partial charge in [0.1, 0.15) is 33.0 Å². The van der Waals surface area contributed by atoms with Crippen LogP contribution in [0.3, 0.4) is 0 Å². The van der Waals surface area contributed by atoms with Gasteiger partial charge >= 0.3 is 34.4 Å². The summed E-state index contributed by atoms with van der Waals surface area (Å²) >= 11 is -2.14. The summed E-state index contributed by atoms with van der Waals surface area (Å²) in [6.45, 7) is -0.194. The number of carbonyl (C=O) groups is 4. The van der Waals surface area contributed by atoms with Crippen molar-refractivity contribution in [3.8, 4) is 22.3 Å². The third-order valence-electron chi connectivity index (χ3n) is 12.2. The molecule has 6 aromatic carbocycles. The van der Waals surface area contributed by atoms with Gasteiger partial charge in [0.25, 0.3) is 11.6 Å². The average Bonchev–Trinajstić information content (AvgIpc) is 3.88. The lowest BCUT2D eigenvalue weighted by molar-refractivity contribution is -0.151. The van der Waals surface area contributed by atoms with Gasteiger partial charge < -0.3 is 23.5 Å². The van der Waals surface area contributed by atoms with Gasteiger partial charge in [-0.25, -0.2) is 19.2 Å². The van der Waals surface area contributed by atoms with Crippen molar-refractivity contribution in [3.63, 3.8) is 0 Å². The number of hydrogen-bond donors (Lipinski definition) is 0. The van der Waals surface area contributed by atoms with Crippen LogP contribution in [0.2, 0.25) is 0 Å². The summed E-state index contributed by atoms with van der Waals surface area (Å²) in [5.74, 6) is -1.90. The van der Waals surface area contributed by atoms with Crippen LogP contribution in [-0.4, -0.2) is 84.2 Å². The number of carbonyl (C=O) groups excluding carboxylic acids is 4. The zero-order valence-electron chi connectivity index (χ0n) is 37.0. The van der Waals surface area contributed by atoms with Gasteiger partial charge in [0.2, 0.25) is 0 Å². The van der Waals surface area contributed by atoms with Crippen molar-refractivity contribution in [1.29, 1.82) is 0 Å². The maximum absolute atomic E-state index is 13.0. The predicted molar refractivity (Wildman–Crippen MR) is 252 cm³/mol. The topological polar surface area (TPSA) is 187 Å². The summed E-state index contributed by atoms with van der Waals surface area (Å²) in [5, 5.41) is 0. The van der Waals surface area contributed by atoms with Crippen LogP contribution in [0.25, 0.3) is 22.3 Å². The lowest BCUT2D eigenvalue weighted by atomic mass is 9.98. The zero-order chi connectivity index (χ0) is 47.9. The van der Waals surface area contributed by atoms with Crippen LogP contribution in [0.1, 0.15) is 58.1 Å². The Hall–Kier alpha value is -7.02. The number of rotatable bonds is 10. The summed E-state index contributed by atoms with van der Waals surface area (Å²) < 4.78 is 70.6. The first-order valence-electron chi connectivity index (χ1n) is 22.2. The Bertz CT molecular complexity index is 2850. The fraction of sp³-hybridized carbons (Fsp3) is 0.231. The van der Waals surface area contributed by atoms with E-state index in [0.717, 1.165) is 59.9 Å². The highest BCUT2D eigenvalue weighted by atomic mass is 32.2. The van der Waals surface area contributed by atoms with E-state index < -0.39 is 58.2 Å². The van der Waals surface area contributed by atoms with E-state index >= 15 is 0 Å².